The molecule has 68 heavy (non-hydrogen) atoms. The third-order valence-corrected chi connectivity index (χ3v) is 13.8. The molecule has 0 spiro atoms. The number of aromatic amines is 2. The predicted molar refractivity (Wildman–Crippen MR) is 267 cm³/mol. The number of H-pyrrole nitrogens is 2. The Morgan fingerprint density at radius 2 is 1.68 bits per heavy atom. The number of rotatable bonds is 15. The Hall–Kier alpha value is -5.65. The van der Waals surface area contributed by atoms with Gasteiger partial charge in [-0.3, -0.25) is 29.2 Å². The summed E-state index contributed by atoms with van der Waals surface area (Å²) in [4.78, 5) is 91.6. The average molecular weight is 998 g/mol. The maximum absolute atomic E-state index is 15.2. The molecule has 1 saturated heterocycles. The molecule has 4 aliphatic heterocycles. The molecule has 2 atom stereocenters. The number of amides is 4. The van der Waals surface area contributed by atoms with Crippen LogP contribution in [-0.4, -0.2) is 141 Å². The minimum Gasteiger partial charge on any atom is -0.462 e. The maximum atomic E-state index is 15.2. The van der Waals surface area contributed by atoms with E-state index in [4.69, 9.17) is 24.2 Å². The SMILES string of the molecule is CCC1=C(C)c2cc3[nH]c(cc4nc(c5c6[nH]c(cc1n2)c(C)c6C(=O)N(CCN1CCOCC1)C5=O)[C@@H](CCC(=O)N(C)CCNC(=O)OC(C)(C)C)[C@@H]4C)c(C)c3/C=C/C(=O)OCCCBr. The first kappa shape index (κ1) is 50.2. The third kappa shape index (κ3) is 10.9. The fourth-order valence-electron chi connectivity index (χ4n) is 9.29. The average Bonchev–Trinajstić information content (AvgIpc) is 3.97. The molecule has 7 rings (SSSR count). The Morgan fingerprint density at radius 1 is 0.971 bits per heavy atom. The molecule has 0 aliphatic carbocycles. The maximum Gasteiger partial charge on any atom is 0.407 e. The van der Waals surface area contributed by atoms with E-state index >= 15 is 4.79 Å². The van der Waals surface area contributed by atoms with E-state index in [1.165, 1.54) is 11.0 Å². The van der Waals surface area contributed by atoms with Crippen LogP contribution in [0.15, 0.2) is 24.3 Å². The Kier molecular flexibility index (Phi) is 15.8. The van der Waals surface area contributed by atoms with E-state index in [-0.39, 0.29) is 43.8 Å². The number of nitrogens with zero attached hydrogens (tertiary/aromatic N) is 5. The number of esters is 1. The van der Waals surface area contributed by atoms with Crippen molar-refractivity contribution in [2.24, 2.45) is 0 Å². The topological polar surface area (TPSA) is 192 Å². The molecular weight excluding hydrogens is 933 g/mol. The highest BCUT2D eigenvalue weighted by Gasteiger charge is 2.41. The van der Waals surface area contributed by atoms with Gasteiger partial charge in [-0.15, -0.1) is 0 Å². The van der Waals surface area contributed by atoms with Gasteiger partial charge in [0.15, 0.2) is 0 Å². The monoisotopic (exact) mass is 996 g/mol. The summed E-state index contributed by atoms with van der Waals surface area (Å²) in [7, 11) is 1.70. The number of alkyl carbamates (subject to hydrolysis) is 1. The molecule has 7 heterocycles. The van der Waals surface area contributed by atoms with Gasteiger partial charge in [0.2, 0.25) is 5.91 Å². The summed E-state index contributed by atoms with van der Waals surface area (Å²) in [5.74, 6) is -2.09. The van der Waals surface area contributed by atoms with E-state index in [0.717, 1.165) is 50.0 Å². The molecule has 4 amide bonds. The number of hydrogen-bond donors (Lipinski definition) is 3. The van der Waals surface area contributed by atoms with E-state index in [1.807, 2.05) is 39.0 Å². The Balaban J connectivity index is 1.39. The molecule has 0 radical (unpaired) electrons. The highest BCUT2D eigenvalue weighted by atomic mass is 79.9. The summed E-state index contributed by atoms with van der Waals surface area (Å²) in [6.07, 6.45) is 4.51. The van der Waals surface area contributed by atoms with Crippen LogP contribution >= 0.6 is 15.9 Å². The summed E-state index contributed by atoms with van der Waals surface area (Å²) in [6, 6.07) is 5.93. The summed E-state index contributed by atoms with van der Waals surface area (Å²) in [5.41, 5.74) is 9.69. The number of imide groups is 1. The van der Waals surface area contributed by atoms with Crippen LogP contribution in [0.3, 0.4) is 0 Å². The number of allylic oxidation sites excluding steroid dienone is 2. The van der Waals surface area contributed by atoms with Gasteiger partial charge in [0.1, 0.15) is 5.60 Å². The smallest absolute Gasteiger partial charge is 0.407 e. The van der Waals surface area contributed by atoms with Gasteiger partial charge in [-0.1, -0.05) is 29.8 Å². The predicted octanol–water partition coefficient (Wildman–Crippen LogP) is 8.19. The van der Waals surface area contributed by atoms with E-state index in [0.29, 0.717) is 97.8 Å². The second-order valence-electron chi connectivity index (χ2n) is 18.9. The number of fused-ring (bicyclic) bond motifs is 8. The van der Waals surface area contributed by atoms with Gasteiger partial charge in [0.05, 0.1) is 53.5 Å². The summed E-state index contributed by atoms with van der Waals surface area (Å²) in [5, 5.41) is 3.44. The van der Waals surface area contributed by atoms with Crippen LogP contribution in [0.1, 0.15) is 139 Å². The molecular formula is C51H65BrN8O8. The number of ether oxygens (including phenoxy) is 3. The lowest BCUT2D eigenvalue weighted by Crippen LogP contribution is -2.47. The minimum atomic E-state index is -0.653. The number of halogens is 1. The van der Waals surface area contributed by atoms with Gasteiger partial charge in [0.25, 0.3) is 11.8 Å². The lowest BCUT2D eigenvalue weighted by molar-refractivity contribution is -0.137. The van der Waals surface area contributed by atoms with Crippen LogP contribution in [0, 0.1) is 13.8 Å². The van der Waals surface area contributed by atoms with Crippen LogP contribution in [0.5, 0.6) is 0 Å². The van der Waals surface area contributed by atoms with Gasteiger partial charge < -0.3 is 34.4 Å². The molecule has 0 unspecified atom stereocenters. The van der Waals surface area contributed by atoms with Crippen molar-refractivity contribution in [3.8, 4) is 0 Å². The zero-order valence-corrected chi connectivity index (χ0v) is 42.4. The molecule has 8 bridgehead atoms. The molecule has 3 aromatic rings. The normalized spacial score (nSPS) is 17.6. The first-order chi connectivity index (χ1) is 32.4. The molecule has 0 aromatic carbocycles. The van der Waals surface area contributed by atoms with Gasteiger partial charge in [-0.2, -0.15) is 0 Å². The van der Waals surface area contributed by atoms with Crippen molar-refractivity contribution in [2.45, 2.75) is 98.5 Å². The molecule has 16 nitrogen and oxygen atoms in total. The molecule has 4 aliphatic rings. The number of nitrogens with one attached hydrogen (secondary N) is 3. The molecule has 364 valence electrons. The van der Waals surface area contributed by atoms with E-state index < -0.39 is 29.5 Å². The molecule has 1 fully saturated rings. The molecule has 0 saturated carbocycles. The second kappa shape index (κ2) is 21.3. The summed E-state index contributed by atoms with van der Waals surface area (Å²) >= 11 is 3.38. The Bertz CT molecular complexity index is 2710. The highest BCUT2D eigenvalue weighted by Crippen LogP contribution is 2.44. The van der Waals surface area contributed by atoms with Crippen molar-refractivity contribution in [1.29, 1.82) is 0 Å². The third-order valence-electron chi connectivity index (χ3n) is 13.2. The van der Waals surface area contributed by atoms with Gasteiger partial charge in [0, 0.05) is 104 Å². The number of carbonyl (C=O) groups is 5. The zero-order valence-electron chi connectivity index (χ0n) is 40.8. The van der Waals surface area contributed by atoms with Crippen molar-refractivity contribution in [2.75, 3.05) is 71.5 Å². The number of likely N-dealkylation sites (N-methyl/N-ethyl adjacent to an activating group) is 1. The van der Waals surface area contributed by atoms with E-state index in [2.05, 4.69) is 50.0 Å². The van der Waals surface area contributed by atoms with Gasteiger partial charge >= 0.3 is 12.1 Å². The lowest BCUT2D eigenvalue weighted by atomic mass is 9.84. The molecule has 3 aromatic heterocycles. The first-order valence-corrected chi connectivity index (χ1v) is 24.8. The minimum absolute atomic E-state index is 0.131. The Morgan fingerprint density at radius 3 is 2.38 bits per heavy atom. The highest BCUT2D eigenvalue weighted by molar-refractivity contribution is 9.09. The number of morpholine rings is 1. The Labute approximate surface area is 406 Å². The summed E-state index contributed by atoms with van der Waals surface area (Å²) < 4.78 is 16.4. The lowest BCUT2D eigenvalue weighted by Gasteiger charge is -2.31. The summed E-state index contributed by atoms with van der Waals surface area (Å²) in [6.45, 7) is 19.4. The van der Waals surface area contributed by atoms with Crippen LogP contribution < -0.4 is 5.32 Å². The molecule has 17 heteroatoms. The number of hydrogen-bond acceptors (Lipinski definition) is 11. The van der Waals surface area contributed by atoms with E-state index in [9.17, 15) is 19.2 Å². The van der Waals surface area contributed by atoms with Crippen molar-refractivity contribution < 1.29 is 38.2 Å². The van der Waals surface area contributed by atoms with Crippen LogP contribution in [0.25, 0.3) is 39.3 Å². The van der Waals surface area contributed by atoms with Crippen molar-refractivity contribution in [3.05, 3.63) is 74.9 Å². The van der Waals surface area contributed by atoms with E-state index in [1.54, 1.807) is 38.8 Å². The first-order valence-electron chi connectivity index (χ1n) is 23.7. The molecule has 3 N–H and O–H groups in total. The number of aryl methyl sites for hydroxylation is 2. The van der Waals surface area contributed by atoms with Crippen LogP contribution in [0.4, 0.5) is 4.79 Å². The number of carbonyl (C=O) groups excluding carboxylic acids is 5. The largest absolute Gasteiger partial charge is 0.462 e. The van der Waals surface area contributed by atoms with Crippen LogP contribution in [0.2, 0.25) is 0 Å². The second-order valence-corrected chi connectivity index (χ2v) is 19.7. The van der Waals surface area contributed by atoms with Crippen molar-refractivity contribution >= 4 is 85.0 Å². The van der Waals surface area contributed by atoms with Crippen molar-refractivity contribution in [3.63, 3.8) is 0 Å². The van der Waals surface area contributed by atoms with Gasteiger partial charge in [-0.05, 0) is 107 Å². The van der Waals surface area contributed by atoms with Crippen LogP contribution in [-0.2, 0) is 23.8 Å². The quantitative estimate of drug-likeness (QED) is 0.0437. The van der Waals surface area contributed by atoms with Gasteiger partial charge in [-0.25, -0.2) is 14.6 Å². The zero-order chi connectivity index (χ0) is 49.0. The number of aromatic nitrogens is 4. The van der Waals surface area contributed by atoms with Crippen molar-refractivity contribution in [1.82, 2.24) is 40.0 Å². The number of alkyl halides is 1. The fraction of sp³-hybridized carbons (Fsp3) is 0.510. The standard InChI is InChI=1S/C51H65BrN8O8/c1-10-33-29(2)37-27-41-34(13-15-43(62)67-23-11-16-52)30(3)36(55-41)26-38-31(4)35(12-14-42(61)58(9)18-17-53-50(65)68-51(6,7)8)46(56-38)45-47-44(32(5)39(57-47)28-40(33)54-37)48(63)60(49(45)64)20-19-59-21-24-66-25-22-59/h13,15,26-28,31,35,55,57H,10-12,14,16-25H2,1-9H3,(H,53,65)/b15-13+,36-26?,37-27?,38-26?,39-28?,40-28?,41-27?,46-45?/t31-,35-/m0/s1. The fourth-order valence-corrected chi connectivity index (χ4v) is 9.52.